The van der Waals surface area contributed by atoms with Gasteiger partial charge in [0.25, 0.3) is 0 Å². The van der Waals surface area contributed by atoms with E-state index < -0.39 is 0 Å². The molecular weight excluding hydrogens is 286 g/mol. The molecule has 0 aliphatic carbocycles. The first-order valence-electron chi connectivity index (χ1n) is 6.92. The molecule has 3 heterocycles. The predicted octanol–water partition coefficient (Wildman–Crippen LogP) is 3.71. The molecule has 1 N–H and O–H groups in total. The molecule has 0 bridgehead atoms. The predicted molar refractivity (Wildman–Crippen MR) is 85.5 cm³/mol. The van der Waals surface area contributed by atoms with Crippen LogP contribution in [-0.4, -0.2) is 22.6 Å². The molecule has 0 amide bonds. The number of thiazole rings is 2. The molecule has 1 atom stereocenters. The summed E-state index contributed by atoms with van der Waals surface area (Å²) in [5.41, 5.74) is 2.10. The molecule has 1 aliphatic rings. The van der Waals surface area contributed by atoms with Crippen LogP contribution in [0.25, 0.3) is 20.9 Å². The number of fused-ring (bicyclic) bond motifs is 1. The van der Waals surface area contributed by atoms with Crippen molar-refractivity contribution in [3.05, 3.63) is 34.7 Å². The zero-order valence-corrected chi connectivity index (χ0v) is 12.6. The fourth-order valence-electron chi connectivity index (χ4n) is 2.63. The Balaban J connectivity index is 1.60. The second-order valence-electron chi connectivity index (χ2n) is 5.11. The van der Waals surface area contributed by atoms with Gasteiger partial charge in [-0.25, -0.2) is 9.97 Å². The summed E-state index contributed by atoms with van der Waals surface area (Å²) in [6.45, 7) is 1.15. The Morgan fingerprint density at radius 1 is 1.25 bits per heavy atom. The number of para-hydroxylation sites is 1. The number of aromatic nitrogens is 2. The van der Waals surface area contributed by atoms with Crippen molar-refractivity contribution >= 4 is 32.9 Å². The van der Waals surface area contributed by atoms with Gasteiger partial charge in [0, 0.05) is 17.8 Å². The summed E-state index contributed by atoms with van der Waals surface area (Å²) in [7, 11) is 0. The minimum Gasteiger partial charge on any atom is -0.314 e. The lowest BCUT2D eigenvalue weighted by Crippen LogP contribution is -2.23. The van der Waals surface area contributed by atoms with Gasteiger partial charge >= 0.3 is 0 Å². The van der Waals surface area contributed by atoms with E-state index in [9.17, 15) is 0 Å². The summed E-state index contributed by atoms with van der Waals surface area (Å²) >= 11 is 3.48. The van der Waals surface area contributed by atoms with Crippen molar-refractivity contribution in [2.24, 2.45) is 0 Å². The molecule has 20 heavy (non-hydrogen) atoms. The Labute approximate surface area is 125 Å². The van der Waals surface area contributed by atoms with E-state index >= 15 is 0 Å². The number of rotatable bonds is 3. The smallest absolute Gasteiger partial charge is 0.143 e. The van der Waals surface area contributed by atoms with Crippen LogP contribution in [0.1, 0.15) is 17.8 Å². The van der Waals surface area contributed by atoms with Crippen molar-refractivity contribution < 1.29 is 0 Å². The van der Waals surface area contributed by atoms with Crippen LogP contribution >= 0.6 is 22.7 Å². The van der Waals surface area contributed by atoms with Crippen molar-refractivity contribution in [1.29, 1.82) is 0 Å². The fourth-order valence-corrected chi connectivity index (χ4v) is 4.49. The van der Waals surface area contributed by atoms with Crippen LogP contribution in [0.4, 0.5) is 0 Å². The van der Waals surface area contributed by atoms with Gasteiger partial charge in [0.2, 0.25) is 0 Å². The lowest BCUT2D eigenvalue weighted by atomic mass is 10.2. The molecular formula is C15H15N3S2. The zero-order chi connectivity index (χ0) is 13.4. The first-order valence-corrected chi connectivity index (χ1v) is 8.62. The van der Waals surface area contributed by atoms with Gasteiger partial charge in [0.05, 0.1) is 15.2 Å². The summed E-state index contributed by atoms with van der Waals surface area (Å²) in [4.78, 5) is 9.44. The van der Waals surface area contributed by atoms with Crippen molar-refractivity contribution in [2.45, 2.75) is 25.3 Å². The summed E-state index contributed by atoms with van der Waals surface area (Å²) < 4.78 is 1.23. The largest absolute Gasteiger partial charge is 0.314 e. The van der Waals surface area contributed by atoms with E-state index in [1.807, 2.05) is 6.07 Å². The highest BCUT2D eigenvalue weighted by Gasteiger charge is 2.17. The molecule has 1 unspecified atom stereocenters. The molecule has 3 nitrogen and oxygen atoms in total. The molecule has 1 aromatic carbocycles. The molecule has 1 aliphatic heterocycles. The first kappa shape index (κ1) is 12.4. The molecule has 1 saturated heterocycles. The second kappa shape index (κ2) is 5.24. The molecule has 3 aromatic rings. The van der Waals surface area contributed by atoms with E-state index in [0.717, 1.165) is 29.2 Å². The highest BCUT2D eigenvalue weighted by molar-refractivity contribution is 7.21. The van der Waals surface area contributed by atoms with Crippen molar-refractivity contribution in [3.63, 3.8) is 0 Å². The lowest BCUT2D eigenvalue weighted by Gasteiger charge is -2.06. The summed E-state index contributed by atoms with van der Waals surface area (Å²) in [5.74, 6) is 0. The second-order valence-corrected chi connectivity index (χ2v) is 7.08. The quantitative estimate of drug-likeness (QED) is 0.801. The van der Waals surface area contributed by atoms with E-state index in [4.69, 9.17) is 4.98 Å². The number of hydrogen-bond donors (Lipinski definition) is 1. The average molecular weight is 301 g/mol. The van der Waals surface area contributed by atoms with Gasteiger partial charge in [-0.3, -0.25) is 0 Å². The van der Waals surface area contributed by atoms with Crippen LogP contribution in [0, 0.1) is 0 Å². The Hall–Kier alpha value is -1.30. The third-order valence-electron chi connectivity index (χ3n) is 3.65. The molecule has 5 heteroatoms. The third kappa shape index (κ3) is 2.37. The first-order chi connectivity index (χ1) is 9.88. The summed E-state index contributed by atoms with van der Waals surface area (Å²) in [6.07, 6.45) is 3.62. The molecule has 102 valence electrons. The standard InChI is InChI=1S/C15H15N3S2/c1-2-6-13-11(5-1)18-15(20-13)12-9-19-14(17-12)8-10-4-3-7-16-10/h1-2,5-6,9-10,16H,3-4,7-8H2. The number of nitrogens with zero attached hydrogens (tertiary/aromatic N) is 2. The minimum absolute atomic E-state index is 0.615. The normalized spacial score (nSPS) is 18.9. The van der Waals surface area contributed by atoms with Crippen LogP contribution in [0.15, 0.2) is 29.6 Å². The van der Waals surface area contributed by atoms with Gasteiger partial charge in [0.15, 0.2) is 0 Å². The fraction of sp³-hybridized carbons (Fsp3) is 0.333. The van der Waals surface area contributed by atoms with E-state index in [2.05, 4.69) is 33.9 Å². The zero-order valence-electron chi connectivity index (χ0n) is 11.0. The Morgan fingerprint density at radius 3 is 3.05 bits per heavy atom. The summed E-state index contributed by atoms with van der Waals surface area (Å²) in [6, 6.07) is 8.88. The molecule has 1 fully saturated rings. The third-order valence-corrected chi connectivity index (χ3v) is 5.58. The lowest BCUT2D eigenvalue weighted by molar-refractivity contribution is 0.601. The van der Waals surface area contributed by atoms with Crippen molar-refractivity contribution in [3.8, 4) is 10.7 Å². The summed E-state index contributed by atoms with van der Waals surface area (Å²) in [5, 5.41) is 7.93. The van der Waals surface area contributed by atoms with Crippen LogP contribution < -0.4 is 5.32 Å². The maximum Gasteiger partial charge on any atom is 0.143 e. The Kier molecular flexibility index (Phi) is 3.26. The maximum absolute atomic E-state index is 4.77. The van der Waals surface area contributed by atoms with Crippen LogP contribution in [0.5, 0.6) is 0 Å². The van der Waals surface area contributed by atoms with Gasteiger partial charge in [-0.05, 0) is 31.5 Å². The maximum atomic E-state index is 4.77. The molecule has 0 radical (unpaired) electrons. The van der Waals surface area contributed by atoms with E-state index in [-0.39, 0.29) is 0 Å². The van der Waals surface area contributed by atoms with Crippen molar-refractivity contribution in [2.75, 3.05) is 6.54 Å². The van der Waals surface area contributed by atoms with Crippen LogP contribution in [-0.2, 0) is 6.42 Å². The van der Waals surface area contributed by atoms with Gasteiger partial charge in [-0.2, -0.15) is 0 Å². The molecule has 0 saturated carbocycles. The topological polar surface area (TPSA) is 37.8 Å². The van der Waals surface area contributed by atoms with Gasteiger partial charge in [0.1, 0.15) is 10.7 Å². The Bertz CT molecular complexity index is 692. The van der Waals surface area contributed by atoms with Gasteiger partial charge in [-0.1, -0.05) is 12.1 Å². The van der Waals surface area contributed by atoms with Crippen molar-refractivity contribution in [1.82, 2.24) is 15.3 Å². The molecule has 0 spiro atoms. The van der Waals surface area contributed by atoms with Gasteiger partial charge < -0.3 is 5.32 Å². The van der Waals surface area contributed by atoms with Crippen LogP contribution in [0.3, 0.4) is 0 Å². The van der Waals surface area contributed by atoms with Crippen LogP contribution in [0.2, 0.25) is 0 Å². The number of nitrogens with one attached hydrogen (secondary N) is 1. The van der Waals surface area contributed by atoms with E-state index in [0.29, 0.717) is 6.04 Å². The number of benzene rings is 1. The minimum atomic E-state index is 0.615. The van der Waals surface area contributed by atoms with E-state index in [1.54, 1.807) is 22.7 Å². The van der Waals surface area contributed by atoms with E-state index in [1.165, 1.54) is 22.5 Å². The SMILES string of the molecule is c1ccc2sc(-c3csc(CC4CCCN4)n3)nc2c1. The highest BCUT2D eigenvalue weighted by atomic mass is 32.1. The highest BCUT2D eigenvalue weighted by Crippen LogP contribution is 2.31. The number of hydrogen-bond acceptors (Lipinski definition) is 5. The monoisotopic (exact) mass is 301 g/mol. The van der Waals surface area contributed by atoms with Gasteiger partial charge in [-0.15, -0.1) is 22.7 Å². The molecule has 4 rings (SSSR count). The molecule has 2 aromatic heterocycles. The Morgan fingerprint density at radius 2 is 2.20 bits per heavy atom. The average Bonchev–Trinajstić information content (AvgIpc) is 3.18.